The van der Waals surface area contributed by atoms with Gasteiger partial charge in [0.25, 0.3) is 0 Å². The fourth-order valence-electron chi connectivity index (χ4n) is 2.05. The van der Waals surface area contributed by atoms with Crippen molar-refractivity contribution >= 4 is 0 Å². The summed E-state index contributed by atoms with van der Waals surface area (Å²) in [4.78, 5) is 2.37. The Morgan fingerprint density at radius 2 is 1.81 bits per heavy atom. The third kappa shape index (κ3) is 2.99. The monoisotopic (exact) mass is 221 g/mol. The van der Waals surface area contributed by atoms with Crippen LogP contribution in [0.1, 0.15) is 25.0 Å². The molecule has 0 amide bonds. The van der Waals surface area contributed by atoms with Crippen LogP contribution in [0.4, 0.5) is 0 Å². The smallest absolute Gasteiger partial charge is 0.122 e. The van der Waals surface area contributed by atoms with Gasteiger partial charge in [0.2, 0.25) is 0 Å². The van der Waals surface area contributed by atoms with Crippen LogP contribution < -0.4 is 4.74 Å². The number of benzene rings is 1. The summed E-state index contributed by atoms with van der Waals surface area (Å²) in [5, 5.41) is 0. The van der Waals surface area contributed by atoms with Gasteiger partial charge in [0.05, 0.1) is 7.11 Å². The Balaban J connectivity index is 0.000000606. The molecule has 1 aliphatic rings. The molecule has 1 heterocycles. The Hall–Kier alpha value is -1.02. The van der Waals surface area contributed by atoms with E-state index in [2.05, 4.69) is 30.1 Å². The molecule has 0 bridgehead atoms. The van der Waals surface area contributed by atoms with Gasteiger partial charge in [-0.25, -0.2) is 0 Å². The third-order valence-electron chi connectivity index (χ3n) is 2.96. The number of hydrogen-bond donors (Lipinski definition) is 0. The molecule has 2 heteroatoms. The summed E-state index contributed by atoms with van der Waals surface area (Å²) >= 11 is 0. The molecule has 0 atom stereocenters. The van der Waals surface area contributed by atoms with E-state index in [1.807, 2.05) is 13.8 Å². The number of ether oxygens (including phenoxy) is 1. The minimum atomic E-state index is 1.05. The lowest BCUT2D eigenvalue weighted by atomic mass is 10.0. The van der Waals surface area contributed by atoms with Crippen LogP contribution in [-0.4, -0.2) is 32.1 Å². The Labute approximate surface area is 99.2 Å². The van der Waals surface area contributed by atoms with E-state index < -0.39 is 0 Å². The number of fused-ring (bicyclic) bond motifs is 1. The Morgan fingerprint density at radius 3 is 2.50 bits per heavy atom. The van der Waals surface area contributed by atoms with Crippen molar-refractivity contribution < 1.29 is 4.74 Å². The summed E-state index contributed by atoms with van der Waals surface area (Å²) in [6.45, 7) is 6.29. The summed E-state index contributed by atoms with van der Waals surface area (Å²) in [7, 11) is 3.93. The molecule has 0 spiro atoms. The number of methoxy groups -OCH3 is 1. The predicted molar refractivity (Wildman–Crippen MR) is 69.2 cm³/mol. The minimum absolute atomic E-state index is 1.05. The molecule has 0 fully saturated rings. The maximum atomic E-state index is 5.38. The van der Waals surface area contributed by atoms with E-state index in [4.69, 9.17) is 4.74 Å². The van der Waals surface area contributed by atoms with Gasteiger partial charge in [-0.1, -0.05) is 26.0 Å². The first-order valence-electron chi connectivity index (χ1n) is 6.14. The molecule has 0 unspecified atom stereocenters. The minimum Gasteiger partial charge on any atom is -0.496 e. The first-order chi connectivity index (χ1) is 7.81. The molecule has 90 valence electrons. The fourth-order valence-corrected chi connectivity index (χ4v) is 2.05. The van der Waals surface area contributed by atoms with Gasteiger partial charge in [-0.05, 0) is 37.1 Å². The van der Waals surface area contributed by atoms with Gasteiger partial charge in [-0.15, -0.1) is 0 Å². The molecule has 1 aliphatic heterocycles. The van der Waals surface area contributed by atoms with Gasteiger partial charge in [0.15, 0.2) is 0 Å². The highest BCUT2D eigenvalue weighted by atomic mass is 16.5. The van der Waals surface area contributed by atoms with Gasteiger partial charge in [-0.3, -0.25) is 0 Å². The van der Waals surface area contributed by atoms with Crippen LogP contribution in [-0.2, 0) is 12.8 Å². The van der Waals surface area contributed by atoms with E-state index >= 15 is 0 Å². The zero-order valence-corrected chi connectivity index (χ0v) is 10.9. The van der Waals surface area contributed by atoms with Gasteiger partial charge >= 0.3 is 0 Å². The average Bonchev–Trinajstić information content (AvgIpc) is 2.54. The van der Waals surface area contributed by atoms with Gasteiger partial charge in [0, 0.05) is 13.1 Å². The summed E-state index contributed by atoms with van der Waals surface area (Å²) in [5.41, 5.74) is 2.85. The van der Waals surface area contributed by atoms with Crippen LogP contribution in [0.15, 0.2) is 18.2 Å². The Bertz CT molecular complexity index is 323. The normalized spacial score (nSPS) is 15.5. The largest absolute Gasteiger partial charge is 0.496 e. The molecule has 1 aromatic rings. The Kier molecular flexibility index (Phi) is 5.33. The van der Waals surface area contributed by atoms with Crippen LogP contribution in [0.25, 0.3) is 0 Å². The van der Waals surface area contributed by atoms with Crippen LogP contribution >= 0.6 is 0 Å². The van der Waals surface area contributed by atoms with Crippen molar-refractivity contribution in [2.75, 3.05) is 27.2 Å². The summed E-state index contributed by atoms with van der Waals surface area (Å²) < 4.78 is 5.38. The topological polar surface area (TPSA) is 12.5 Å². The van der Waals surface area contributed by atoms with Crippen LogP contribution in [0, 0.1) is 0 Å². The van der Waals surface area contributed by atoms with E-state index in [0.29, 0.717) is 0 Å². The van der Waals surface area contributed by atoms with Crippen molar-refractivity contribution in [3.63, 3.8) is 0 Å². The molecular weight excluding hydrogens is 198 g/mol. The Morgan fingerprint density at radius 1 is 1.12 bits per heavy atom. The lowest BCUT2D eigenvalue weighted by Crippen LogP contribution is -2.20. The molecule has 0 aromatic heterocycles. The molecule has 0 radical (unpaired) electrons. The molecule has 16 heavy (non-hydrogen) atoms. The first-order valence-corrected chi connectivity index (χ1v) is 6.14. The van der Waals surface area contributed by atoms with Crippen molar-refractivity contribution in [3.8, 4) is 5.75 Å². The third-order valence-corrected chi connectivity index (χ3v) is 2.96. The lowest BCUT2D eigenvalue weighted by molar-refractivity contribution is 0.350. The van der Waals surface area contributed by atoms with E-state index in [1.165, 1.54) is 11.1 Å². The maximum absolute atomic E-state index is 5.38. The summed E-state index contributed by atoms with van der Waals surface area (Å²) in [6, 6.07) is 6.37. The second-order valence-electron chi connectivity index (χ2n) is 3.90. The highest BCUT2D eigenvalue weighted by Gasteiger charge is 2.13. The zero-order valence-electron chi connectivity index (χ0n) is 10.9. The van der Waals surface area contributed by atoms with Crippen molar-refractivity contribution in [2.24, 2.45) is 0 Å². The molecule has 1 aromatic carbocycles. The van der Waals surface area contributed by atoms with Crippen molar-refractivity contribution in [1.82, 2.24) is 4.90 Å². The number of hydrogen-bond acceptors (Lipinski definition) is 2. The maximum Gasteiger partial charge on any atom is 0.122 e. The van der Waals surface area contributed by atoms with E-state index in [9.17, 15) is 0 Å². The van der Waals surface area contributed by atoms with Gasteiger partial charge in [0.1, 0.15) is 5.75 Å². The van der Waals surface area contributed by atoms with Crippen LogP contribution in [0.2, 0.25) is 0 Å². The first kappa shape index (κ1) is 13.0. The van der Waals surface area contributed by atoms with Gasteiger partial charge in [-0.2, -0.15) is 0 Å². The molecule has 2 nitrogen and oxygen atoms in total. The molecule has 0 N–H and O–H groups in total. The highest BCUT2D eigenvalue weighted by molar-refractivity contribution is 5.41. The van der Waals surface area contributed by atoms with Crippen LogP contribution in [0.5, 0.6) is 5.75 Å². The van der Waals surface area contributed by atoms with E-state index in [1.54, 1.807) is 7.11 Å². The molecule has 0 aliphatic carbocycles. The summed E-state index contributed by atoms with van der Waals surface area (Å²) in [5.74, 6) is 1.05. The number of likely N-dealkylation sites (N-methyl/N-ethyl adjacent to an activating group) is 1. The van der Waals surface area contributed by atoms with Crippen molar-refractivity contribution in [3.05, 3.63) is 29.3 Å². The number of nitrogens with zero attached hydrogens (tertiary/aromatic N) is 1. The lowest BCUT2D eigenvalue weighted by Gasteiger charge is -2.11. The fraction of sp³-hybridized carbons (Fsp3) is 0.571. The zero-order chi connectivity index (χ0) is 12.0. The second kappa shape index (κ2) is 6.54. The van der Waals surface area contributed by atoms with E-state index in [0.717, 1.165) is 31.7 Å². The quantitative estimate of drug-likeness (QED) is 0.723. The van der Waals surface area contributed by atoms with Crippen molar-refractivity contribution in [1.29, 1.82) is 0 Å². The molecule has 0 saturated carbocycles. The van der Waals surface area contributed by atoms with E-state index in [-0.39, 0.29) is 0 Å². The molecule has 0 saturated heterocycles. The van der Waals surface area contributed by atoms with Crippen LogP contribution in [0.3, 0.4) is 0 Å². The molecular formula is C14H23NO. The predicted octanol–water partition coefficient (Wildman–Crippen LogP) is 2.75. The van der Waals surface area contributed by atoms with Crippen molar-refractivity contribution in [2.45, 2.75) is 26.7 Å². The SMILES string of the molecule is CC.COc1cccc2c1CCN(C)CC2. The summed E-state index contributed by atoms with van der Waals surface area (Å²) in [6.07, 6.45) is 2.25. The van der Waals surface area contributed by atoms with Gasteiger partial charge < -0.3 is 9.64 Å². The second-order valence-corrected chi connectivity index (χ2v) is 3.90. The number of rotatable bonds is 1. The average molecular weight is 221 g/mol. The molecule has 2 rings (SSSR count). The standard InChI is InChI=1S/C12H17NO.C2H6/c1-13-8-6-10-4-3-5-12(14-2)11(10)7-9-13;1-2/h3-5H,6-9H2,1-2H3;1-2H3. The highest BCUT2D eigenvalue weighted by Crippen LogP contribution is 2.25.